The predicted molar refractivity (Wildman–Crippen MR) is 140 cm³/mol. The third-order valence-electron chi connectivity index (χ3n) is 7.54. The summed E-state index contributed by atoms with van der Waals surface area (Å²) in [6, 6.07) is 8.87. The van der Waals surface area contributed by atoms with Crippen molar-refractivity contribution in [3.05, 3.63) is 51.9 Å². The van der Waals surface area contributed by atoms with E-state index in [1.54, 1.807) is 34.8 Å². The molecule has 0 amide bonds. The van der Waals surface area contributed by atoms with Crippen molar-refractivity contribution in [3.8, 4) is 6.07 Å². The summed E-state index contributed by atoms with van der Waals surface area (Å²) in [5.74, 6) is -0.126. The van der Waals surface area contributed by atoms with Gasteiger partial charge in [0.05, 0.1) is 28.3 Å². The fraction of sp³-hybridized carbons (Fsp3) is 0.500. The number of anilines is 1. The van der Waals surface area contributed by atoms with Crippen molar-refractivity contribution in [2.45, 2.75) is 68.5 Å². The van der Waals surface area contributed by atoms with Gasteiger partial charge in [-0.15, -0.1) is 0 Å². The number of nitrogens with zero attached hydrogens (tertiary/aromatic N) is 3. The number of aromatic nitrogens is 1. The highest BCUT2D eigenvalue weighted by Gasteiger charge is 2.39. The molecule has 1 saturated heterocycles. The van der Waals surface area contributed by atoms with Crippen LogP contribution in [0.5, 0.6) is 0 Å². The van der Waals surface area contributed by atoms with Gasteiger partial charge in [0.2, 0.25) is 10.0 Å². The molecule has 2 aromatic rings. The van der Waals surface area contributed by atoms with Crippen LogP contribution in [-0.4, -0.2) is 48.8 Å². The van der Waals surface area contributed by atoms with Gasteiger partial charge in [-0.05, 0) is 55.5 Å². The molecule has 4 N–H and O–H groups in total. The summed E-state index contributed by atoms with van der Waals surface area (Å²) in [5, 5.41) is 13.0. The van der Waals surface area contributed by atoms with Crippen LogP contribution in [-0.2, 0) is 21.3 Å². The lowest BCUT2D eigenvalue weighted by atomic mass is 9.96. The normalized spacial score (nSPS) is 24.7. The maximum atomic E-state index is 13.1. The highest BCUT2D eigenvalue weighted by Crippen LogP contribution is 2.36. The molecule has 1 aliphatic carbocycles. The van der Waals surface area contributed by atoms with E-state index >= 15 is 0 Å². The van der Waals surface area contributed by atoms with Crippen LogP contribution >= 0.6 is 0 Å². The van der Waals surface area contributed by atoms with Crippen LogP contribution in [0.1, 0.15) is 56.1 Å². The van der Waals surface area contributed by atoms with Gasteiger partial charge in [0.1, 0.15) is 11.4 Å². The molecule has 0 radical (unpaired) electrons. The number of nitriles is 1. The largest absolute Gasteiger partial charge is 0.383 e. The van der Waals surface area contributed by atoms with Crippen LogP contribution in [0.15, 0.2) is 45.1 Å². The van der Waals surface area contributed by atoms with Gasteiger partial charge >= 0.3 is 0 Å². The smallest absolute Gasteiger partial charge is 0.261 e. The molecule has 196 valence electrons. The van der Waals surface area contributed by atoms with Crippen molar-refractivity contribution < 1.29 is 13.2 Å². The second kappa shape index (κ2) is 10.7. The Hall–Kier alpha value is -3.20. The number of hydrogen-bond donors (Lipinski definition) is 3. The van der Waals surface area contributed by atoms with E-state index in [0.717, 1.165) is 32.1 Å². The van der Waals surface area contributed by atoms with E-state index in [9.17, 15) is 18.5 Å². The molecular weight excluding hydrogens is 492 g/mol. The maximum Gasteiger partial charge on any atom is 0.261 e. The minimum atomic E-state index is -3.58. The lowest BCUT2D eigenvalue weighted by Crippen LogP contribution is -2.39. The number of aliphatic imine (C=N–C) groups is 1. The van der Waals surface area contributed by atoms with Crippen molar-refractivity contribution in [2.24, 2.45) is 16.6 Å². The SMILES string of the molecule is N#C[C@H]1CCCCC[C@@H]1Nc1cc[nH]c(=O)c1C(N)=Nc1ccc2c(c1)CN(C1CCOCC1)S2(=O)=O. The molecule has 0 spiro atoms. The van der Waals surface area contributed by atoms with Gasteiger partial charge in [0.25, 0.3) is 5.56 Å². The molecule has 2 fully saturated rings. The molecule has 0 unspecified atom stereocenters. The molecule has 10 nitrogen and oxygen atoms in total. The molecule has 1 aromatic carbocycles. The number of hydrogen-bond acceptors (Lipinski definition) is 7. The molecule has 3 heterocycles. The van der Waals surface area contributed by atoms with Crippen molar-refractivity contribution in [3.63, 3.8) is 0 Å². The summed E-state index contributed by atoms with van der Waals surface area (Å²) in [5.41, 5.74) is 7.85. The highest BCUT2D eigenvalue weighted by molar-refractivity contribution is 7.89. The van der Waals surface area contributed by atoms with Gasteiger partial charge in [-0.3, -0.25) is 4.79 Å². The fourth-order valence-corrected chi connectivity index (χ4v) is 7.43. The Labute approximate surface area is 216 Å². The van der Waals surface area contributed by atoms with Crippen LogP contribution < -0.4 is 16.6 Å². The average Bonchev–Trinajstić information content (AvgIpc) is 3.01. The summed E-state index contributed by atoms with van der Waals surface area (Å²) >= 11 is 0. The molecule has 1 aromatic heterocycles. The van der Waals surface area contributed by atoms with Gasteiger partial charge in [0.15, 0.2) is 0 Å². The van der Waals surface area contributed by atoms with E-state index in [0.29, 0.717) is 43.0 Å². The number of nitrogens with one attached hydrogen (secondary N) is 2. The first-order chi connectivity index (χ1) is 17.9. The minimum Gasteiger partial charge on any atom is -0.383 e. The fourth-order valence-electron chi connectivity index (χ4n) is 5.57. The number of amidine groups is 1. The lowest BCUT2D eigenvalue weighted by molar-refractivity contribution is 0.0581. The van der Waals surface area contributed by atoms with Gasteiger partial charge in [0, 0.05) is 38.0 Å². The molecule has 11 heteroatoms. The van der Waals surface area contributed by atoms with E-state index in [4.69, 9.17) is 10.5 Å². The van der Waals surface area contributed by atoms with Crippen LogP contribution in [0.4, 0.5) is 11.4 Å². The Bertz CT molecular complexity index is 1390. The molecule has 5 rings (SSSR count). The zero-order valence-electron chi connectivity index (χ0n) is 20.7. The molecule has 3 aliphatic rings. The highest BCUT2D eigenvalue weighted by atomic mass is 32.2. The Morgan fingerprint density at radius 3 is 2.73 bits per heavy atom. The average molecular weight is 525 g/mol. The number of ether oxygens (including phenoxy) is 1. The summed E-state index contributed by atoms with van der Waals surface area (Å²) in [6.45, 7) is 1.38. The third-order valence-corrected chi connectivity index (χ3v) is 9.54. The first kappa shape index (κ1) is 25.4. The molecule has 1 saturated carbocycles. The number of rotatable bonds is 5. The number of H-pyrrole nitrogens is 1. The van der Waals surface area contributed by atoms with Crippen LogP contribution in [0, 0.1) is 17.2 Å². The summed E-state index contributed by atoms with van der Waals surface area (Å²) < 4.78 is 33.2. The number of sulfonamides is 1. The van der Waals surface area contributed by atoms with E-state index in [1.807, 2.05) is 0 Å². The molecule has 37 heavy (non-hydrogen) atoms. The predicted octanol–water partition coefficient (Wildman–Crippen LogP) is 2.98. The molecule has 2 atom stereocenters. The zero-order chi connectivity index (χ0) is 26.0. The molecule has 0 bridgehead atoms. The zero-order valence-corrected chi connectivity index (χ0v) is 21.5. The quantitative estimate of drug-likeness (QED) is 0.309. The van der Waals surface area contributed by atoms with Gasteiger partial charge < -0.3 is 20.8 Å². The molecular formula is C26H32N6O4S. The topological polar surface area (TPSA) is 154 Å². The van der Waals surface area contributed by atoms with Crippen molar-refractivity contribution in [1.82, 2.24) is 9.29 Å². The number of aromatic amines is 1. The Morgan fingerprint density at radius 2 is 1.95 bits per heavy atom. The first-order valence-corrected chi connectivity index (χ1v) is 14.3. The van der Waals surface area contributed by atoms with Crippen molar-refractivity contribution in [2.75, 3.05) is 18.5 Å². The monoisotopic (exact) mass is 524 g/mol. The van der Waals surface area contributed by atoms with Gasteiger partial charge in [-0.2, -0.15) is 9.57 Å². The standard InChI is InChI=1S/C26H32N6O4S/c27-15-17-4-2-1-3-5-21(17)31-22-8-11-29-26(33)24(22)25(28)30-19-6-7-23-18(14-19)16-32(37(23,34)35)20-9-12-36-13-10-20/h6-8,11,14,17,20-21H,1-5,9-10,12-13,16H2,(H2,28,30)(H2,29,31,33)/t17-,21+/m1/s1. The number of nitrogens with two attached hydrogens (primary N) is 1. The van der Waals surface area contributed by atoms with Gasteiger partial charge in [-0.25, -0.2) is 13.4 Å². The second-order valence-electron chi connectivity index (χ2n) is 9.90. The summed E-state index contributed by atoms with van der Waals surface area (Å²) in [7, 11) is -3.58. The van der Waals surface area contributed by atoms with Crippen molar-refractivity contribution >= 4 is 27.2 Å². The Morgan fingerprint density at radius 1 is 1.16 bits per heavy atom. The van der Waals surface area contributed by atoms with E-state index in [1.165, 1.54) is 0 Å². The van der Waals surface area contributed by atoms with Crippen LogP contribution in [0.2, 0.25) is 0 Å². The van der Waals surface area contributed by atoms with Crippen LogP contribution in [0.25, 0.3) is 0 Å². The van der Waals surface area contributed by atoms with Crippen molar-refractivity contribution in [1.29, 1.82) is 5.26 Å². The van der Waals surface area contributed by atoms with Crippen LogP contribution in [0.3, 0.4) is 0 Å². The molecule has 2 aliphatic heterocycles. The number of benzene rings is 1. The van der Waals surface area contributed by atoms with Gasteiger partial charge in [-0.1, -0.05) is 19.3 Å². The number of fused-ring (bicyclic) bond motifs is 1. The lowest BCUT2D eigenvalue weighted by Gasteiger charge is -2.29. The maximum absolute atomic E-state index is 13.1. The second-order valence-corrected chi connectivity index (χ2v) is 11.8. The summed E-state index contributed by atoms with van der Waals surface area (Å²) in [6.07, 6.45) is 7.66. The Kier molecular flexibility index (Phi) is 7.33. The Balaban J connectivity index is 1.43. The van der Waals surface area contributed by atoms with E-state index < -0.39 is 10.0 Å². The first-order valence-electron chi connectivity index (χ1n) is 12.8. The van der Waals surface area contributed by atoms with E-state index in [-0.39, 0.29) is 46.4 Å². The third kappa shape index (κ3) is 5.14. The van der Waals surface area contributed by atoms with E-state index in [2.05, 4.69) is 21.4 Å². The number of pyridine rings is 1. The minimum absolute atomic E-state index is 0.0218. The summed E-state index contributed by atoms with van der Waals surface area (Å²) in [4.78, 5) is 20.2.